The van der Waals surface area contributed by atoms with Crippen LogP contribution in [-0.4, -0.2) is 23.4 Å². The molecule has 0 aromatic carbocycles. The first-order valence-corrected chi connectivity index (χ1v) is 7.50. The van der Waals surface area contributed by atoms with Crippen LogP contribution in [-0.2, 0) is 4.79 Å². The zero-order chi connectivity index (χ0) is 13.6. The van der Waals surface area contributed by atoms with Crippen LogP contribution in [0.3, 0.4) is 0 Å². The number of carbonyl (C=O) groups excluding carboxylic acids is 1. The number of hydrogen-bond donors (Lipinski definition) is 0. The molecule has 0 spiro atoms. The Morgan fingerprint density at radius 3 is 2.56 bits per heavy atom. The minimum atomic E-state index is 0.375. The van der Waals surface area contributed by atoms with Gasteiger partial charge in [-0.05, 0) is 42.4 Å². The zero-order valence-electron chi connectivity index (χ0n) is 12.8. The van der Waals surface area contributed by atoms with E-state index in [9.17, 15) is 4.79 Å². The molecular weight excluding hydrogens is 222 g/mol. The SMILES string of the molecule is CC(C)CCC(=O)N1C[C@@]2(C)C[C@H]1CC(C)(C)C2. The van der Waals surface area contributed by atoms with Crippen LogP contribution in [0.2, 0.25) is 0 Å². The van der Waals surface area contributed by atoms with E-state index in [1.807, 2.05) is 0 Å². The summed E-state index contributed by atoms with van der Waals surface area (Å²) >= 11 is 0. The van der Waals surface area contributed by atoms with Crippen molar-refractivity contribution in [3.63, 3.8) is 0 Å². The molecule has 0 N–H and O–H groups in total. The molecule has 2 heteroatoms. The van der Waals surface area contributed by atoms with Gasteiger partial charge in [-0.15, -0.1) is 0 Å². The summed E-state index contributed by atoms with van der Waals surface area (Å²) in [7, 11) is 0. The molecule has 1 amide bonds. The van der Waals surface area contributed by atoms with E-state index >= 15 is 0 Å². The lowest BCUT2D eigenvalue weighted by molar-refractivity contribution is -0.132. The lowest BCUT2D eigenvalue weighted by Gasteiger charge is -2.39. The summed E-state index contributed by atoms with van der Waals surface area (Å²) in [5.74, 6) is 1.03. The summed E-state index contributed by atoms with van der Waals surface area (Å²) in [5, 5.41) is 0. The van der Waals surface area contributed by atoms with Crippen LogP contribution in [0.4, 0.5) is 0 Å². The molecule has 0 aromatic rings. The Morgan fingerprint density at radius 1 is 1.28 bits per heavy atom. The highest BCUT2D eigenvalue weighted by Gasteiger charge is 2.50. The standard InChI is InChI=1S/C16H29NO/c1-12(2)6-7-14(18)17-11-16(5)9-13(17)8-15(3,4)10-16/h12-13H,6-11H2,1-5H3/t13-,16+/m1/s1. The Balaban J connectivity index is 2.02. The highest BCUT2D eigenvalue weighted by atomic mass is 16.2. The molecule has 1 saturated carbocycles. The van der Waals surface area contributed by atoms with Crippen LogP contribution in [0.25, 0.3) is 0 Å². The summed E-state index contributed by atoms with van der Waals surface area (Å²) in [6.45, 7) is 12.5. The zero-order valence-corrected chi connectivity index (χ0v) is 12.8. The van der Waals surface area contributed by atoms with Crippen molar-refractivity contribution in [1.82, 2.24) is 4.90 Å². The van der Waals surface area contributed by atoms with Crippen molar-refractivity contribution in [2.24, 2.45) is 16.7 Å². The molecule has 2 rings (SSSR count). The third kappa shape index (κ3) is 2.89. The maximum absolute atomic E-state index is 12.4. The van der Waals surface area contributed by atoms with E-state index in [1.165, 1.54) is 19.3 Å². The van der Waals surface area contributed by atoms with Crippen LogP contribution in [0.1, 0.15) is 66.7 Å². The molecule has 2 atom stereocenters. The Morgan fingerprint density at radius 2 is 1.94 bits per heavy atom. The third-order valence-corrected chi connectivity index (χ3v) is 4.67. The number of likely N-dealkylation sites (tertiary alicyclic amines) is 1. The van der Waals surface area contributed by atoms with E-state index in [2.05, 4.69) is 39.5 Å². The smallest absolute Gasteiger partial charge is 0.222 e. The van der Waals surface area contributed by atoms with Crippen molar-refractivity contribution in [1.29, 1.82) is 0 Å². The average molecular weight is 251 g/mol. The van der Waals surface area contributed by atoms with Crippen LogP contribution in [0, 0.1) is 16.7 Å². The molecule has 0 radical (unpaired) electrons. The van der Waals surface area contributed by atoms with Crippen LogP contribution in [0.5, 0.6) is 0 Å². The molecule has 1 heterocycles. The minimum absolute atomic E-state index is 0.375. The second-order valence-electron chi connectivity index (χ2n) is 8.17. The second kappa shape index (κ2) is 4.54. The first-order chi connectivity index (χ1) is 8.21. The number of rotatable bonds is 3. The highest BCUT2D eigenvalue weighted by molar-refractivity contribution is 5.77. The van der Waals surface area contributed by atoms with Crippen molar-refractivity contribution in [3.8, 4) is 0 Å². The van der Waals surface area contributed by atoms with E-state index in [0.29, 0.717) is 28.7 Å². The number of hydrogen-bond acceptors (Lipinski definition) is 1. The summed E-state index contributed by atoms with van der Waals surface area (Å²) < 4.78 is 0. The monoisotopic (exact) mass is 251 g/mol. The minimum Gasteiger partial charge on any atom is -0.339 e. The Kier molecular flexibility index (Phi) is 3.50. The van der Waals surface area contributed by atoms with Crippen molar-refractivity contribution >= 4 is 5.91 Å². The van der Waals surface area contributed by atoms with Gasteiger partial charge in [0.25, 0.3) is 0 Å². The maximum atomic E-state index is 12.4. The molecule has 2 aliphatic rings. The highest BCUT2D eigenvalue weighted by Crippen LogP contribution is 2.52. The van der Waals surface area contributed by atoms with Crippen LogP contribution < -0.4 is 0 Å². The van der Waals surface area contributed by atoms with Crippen LogP contribution >= 0.6 is 0 Å². The topological polar surface area (TPSA) is 20.3 Å². The van der Waals surface area contributed by atoms with E-state index in [0.717, 1.165) is 19.4 Å². The summed E-state index contributed by atoms with van der Waals surface area (Å²) in [4.78, 5) is 14.6. The summed E-state index contributed by atoms with van der Waals surface area (Å²) in [6, 6.07) is 0.512. The van der Waals surface area contributed by atoms with Gasteiger partial charge < -0.3 is 4.90 Å². The third-order valence-electron chi connectivity index (χ3n) is 4.67. The number of amides is 1. The van der Waals surface area contributed by atoms with Crippen molar-refractivity contribution in [2.45, 2.75) is 72.8 Å². The van der Waals surface area contributed by atoms with Gasteiger partial charge in [0.2, 0.25) is 5.91 Å². The molecule has 1 saturated heterocycles. The molecule has 18 heavy (non-hydrogen) atoms. The Labute approximate surface area is 112 Å². The van der Waals surface area contributed by atoms with E-state index < -0.39 is 0 Å². The van der Waals surface area contributed by atoms with Gasteiger partial charge in [0.15, 0.2) is 0 Å². The number of nitrogens with zero attached hydrogens (tertiary/aromatic N) is 1. The largest absolute Gasteiger partial charge is 0.339 e. The Bertz CT molecular complexity index is 334. The Hall–Kier alpha value is -0.530. The van der Waals surface area contributed by atoms with Crippen molar-refractivity contribution in [3.05, 3.63) is 0 Å². The van der Waals surface area contributed by atoms with Gasteiger partial charge in [-0.1, -0.05) is 34.6 Å². The molecule has 2 nitrogen and oxygen atoms in total. The molecular formula is C16H29NO. The van der Waals surface area contributed by atoms with E-state index in [-0.39, 0.29) is 0 Å². The average Bonchev–Trinajstić information content (AvgIpc) is 2.44. The van der Waals surface area contributed by atoms with Crippen molar-refractivity contribution < 1.29 is 4.79 Å². The fourth-order valence-electron chi connectivity index (χ4n) is 4.31. The maximum Gasteiger partial charge on any atom is 0.222 e. The molecule has 2 bridgehead atoms. The van der Waals surface area contributed by atoms with Gasteiger partial charge in [0.05, 0.1) is 0 Å². The fraction of sp³-hybridized carbons (Fsp3) is 0.938. The van der Waals surface area contributed by atoms with Gasteiger partial charge in [0, 0.05) is 19.0 Å². The van der Waals surface area contributed by atoms with Gasteiger partial charge in [0.1, 0.15) is 0 Å². The molecule has 0 aromatic heterocycles. The summed E-state index contributed by atoms with van der Waals surface area (Å²) in [5.41, 5.74) is 0.782. The van der Waals surface area contributed by atoms with Gasteiger partial charge in [-0.3, -0.25) is 4.79 Å². The summed E-state index contributed by atoms with van der Waals surface area (Å²) in [6.07, 6.45) is 5.46. The lowest BCUT2D eigenvalue weighted by Crippen LogP contribution is -2.37. The predicted molar refractivity (Wildman–Crippen MR) is 75.3 cm³/mol. The quantitative estimate of drug-likeness (QED) is 0.746. The van der Waals surface area contributed by atoms with Crippen LogP contribution in [0.15, 0.2) is 0 Å². The fourth-order valence-corrected chi connectivity index (χ4v) is 4.31. The first-order valence-electron chi connectivity index (χ1n) is 7.50. The van der Waals surface area contributed by atoms with E-state index in [4.69, 9.17) is 0 Å². The second-order valence-corrected chi connectivity index (χ2v) is 8.17. The van der Waals surface area contributed by atoms with Gasteiger partial charge in [-0.2, -0.15) is 0 Å². The van der Waals surface area contributed by atoms with Crippen molar-refractivity contribution in [2.75, 3.05) is 6.54 Å². The van der Waals surface area contributed by atoms with Gasteiger partial charge in [-0.25, -0.2) is 0 Å². The molecule has 104 valence electrons. The number of carbonyl (C=O) groups is 1. The van der Waals surface area contributed by atoms with Gasteiger partial charge >= 0.3 is 0 Å². The molecule has 1 aliphatic carbocycles. The number of fused-ring (bicyclic) bond motifs is 2. The molecule has 0 unspecified atom stereocenters. The molecule has 2 fully saturated rings. The predicted octanol–water partition coefficient (Wildman–Crippen LogP) is 3.85. The van der Waals surface area contributed by atoms with E-state index in [1.54, 1.807) is 0 Å². The lowest BCUT2D eigenvalue weighted by atomic mass is 9.65. The molecule has 1 aliphatic heterocycles. The first kappa shape index (κ1) is 13.9. The normalized spacial score (nSPS) is 34.1.